The molecule has 5 nitrogen and oxygen atoms in total. The summed E-state index contributed by atoms with van der Waals surface area (Å²) in [5.41, 5.74) is -0.529. The van der Waals surface area contributed by atoms with Crippen molar-refractivity contribution in [3.63, 3.8) is 0 Å². The second-order valence-corrected chi connectivity index (χ2v) is 4.48. The highest BCUT2D eigenvalue weighted by Crippen LogP contribution is 2.06. The number of carbonyl (C=O) groups is 2. The fraction of sp³-hybridized carbons (Fsp3) is 0.800. The average molecular weight is 252 g/mol. The van der Waals surface area contributed by atoms with Crippen LogP contribution in [0, 0.1) is 0 Å². The van der Waals surface area contributed by atoms with Gasteiger partial charge in [0, 0.05) is 0 Å². The molecule has 0 saturated carbocycles. The molecule has 0 saturated heterocycles. The van der Waals surface area contributed by atoms with Gasteiger partial charge in [0.25, 0.3) is 0 Å². The van der Waals surface area contributed by atoms with Crippen LogP contribution in [0.2, 0.25) is 0 Å². The summed E-state index contributed by atoms with van der Waals surface area (Å²) in [6.45, 7) is 6.86. The Hall–Kier alpha value is -0.810. The first-order valence-electron chi connectivity index (χ1n) is 4.94. The smallest absolute Gasteiger partial charge is 0.324 e. The molecule has 0 unspecified atom stereocenters. The van der Waals surface area contributed by atoms with Crippen LogP contribution in [0.1, 0.15) is 27.7 Å². The van der Waals surface area contributed by atoms with E-state index in [1.807, 2.05) is 0 Å². The van der Waals surface area contributed by atoms with Crippen molar-refractivity contribution < 1.29 is 19.1 Å². The van der Waals surface area contributed by atoms with Crippen LogP contribution >= 0.6 is 11.6 Å². The number of nitrogens with one attached hydrogen (secondary N) is 1. The Morgan fingerprint density at radius 2 is 1.94 bits per heavy atom. The summed E-state index contributed by atoms with van der Waals surface area (Å²) in [6, 6.07) is -0.789. The van der Waals surface area contributed by atoms with Gasteiger partial charge in [0.1, 0.15) is 11.6 Å². The molecule has 0 aliphatic rings. The molecule has 0 rings (SSSR count). The summed E-state index contributed by atoms with van der Waals surface area (Å²) in [5, 5.41) is 2.68. The Morgan fingerprint density at radius 1 is 1.38 bits per heavy atom. The van der Waals surface area contributed by atoms with Crippen molar-refractivity contribution in [3.8, 4) is 0 Å². The lowest BCUT2D eigenvalue weighted by molar-refractivity contribution is -0.154. The van der Waals surface area contributed by atoms with Gasteiger partial charge >= 0.3 is 11.9 Å². The van der Waals surface area contributed by atoms with Crippen LogP contribution in [0.4, 0.5) is 0 Å². The molecule has 0 aliphatic heterocycles. The molecule has 1 atom stereocenters. The molecular formula is C10H18ClNO4. The molecule has 0 bridgehead atoms. The number of alkyl halides is 1. The third-order valence-corrected chi connectivity index (χ3v) is 1.63. The van der Waals surface area contributed by atoms with E-state index < -0.39 is 23.6 Å². The van der Waals surface area contributed by atoms with Crippen molar-refractivity contribution in [2.75, 3.05) is 12.6 Å². The summed E-state index contributed by atoms with van der Waals surface area (Å²) in [6.07, 6.45) is 0. The highest BCUT2D eigenvalue weighted by atomic mass is 35.5. The number of hydrogen-bond acceptors (Lipinski definition) is 5. The zero-order valence-corrected chi connectivity index (χ0v) is 10.8. The predicted molar refractivity (Wildman–Crippen MR) is 60.1 cm³/mol. The van der Waals surface area contributed by atoms with Gasteiger partial charge in [-0.25, -0.2) is 0 Å². The normalized spacial score (nSPS) is 13.1. The summed E-state index contributed by atoms with van der Waals surface area (Å²) in [7, 11) is 0. The summed E-state index contributed by atoms with van der Waals surface area (Å²) < 4.78 is 9.60. The van der Waals surface area contributed by atoms with Crippen LogP contribution in [0.25, 0.3) is 0 Å². The van der Waals surface area contributed by atoms with E-state index in [0.717, 1.165) is 0 Å². The number of hydrogen-bond donors (Lipinski definition) is 1. The Morgan fingerprint density at radius 3 is 2.38 bits per heavy atom. The first kappa shape index (κ1) is 15.2. The van der Waals surface area contributed by atoms with Gasteiger partial charge in [-0.05, 0) is 27.7 Å². The molecule has 1 N–H and O–H groups in total. The van der Waals surface area contributed by atoms with E-state index in [1.54, 1.807) is 27.7 Å². The van der Waals surface area contributed by atoms with E-state index in [-0.39, 0.29) is 12.6 Å². The zero-order chi connectivity index (χ0) is 12.8. The SMILES string of the molecule is C[C@H](NCC(=O)OC(C)(C)C)C(=O)OCCl. The van der Waals surface area contributed by atoms with Gasteiger partial charge in [0.15, 0.2) is 6.07 Å². The minimum absolute atomic E-state index is 0.0458. The van der Waals surface area contributed by atoms with Gasteiger partial charge in [-0.2, -0.15) is 0 Å². The van der Waals surface area contributed by atoms with Gasteiger partial charge in [0.2, 0.25) is 0 Å². The van der Waals surface area contributed by atoms with Crippen LogP contribution in [-0.4, -0.2) is 36.2 Å². The van der Waals surface area contributed by atoms with Crippen molar-refractivity contribution in [3.05, 3.63) is 0 Å². The highest BCUT2D eigenvalue weighted by Gasteiger charge is 2.19. The van der Waals surface area contributed by atoms with Gasteiger partial charge in [-0.1, -0.05) is 11.6 Å². The van der Waals surface area contributed by atoms with Crippen molar-refractivity contribution in [1.82, 2.24) is 5.32 Å². The van der Waals surface area contributed by atoms with Gasteiger partial charge in [-0.15, -0.1) is 0 Å². The van der Waals surface area contributed by atoms with E-state index in [4.69, 9.17) is 16.3 Å². The maximum atomic E-state index is 11.3. The van der Waals surface area contributed by atoms with Crippen LogP contribution in [0.5, 0.6) is 0 Å². The summed E-state index contributed by atoms with van der Waals surface area (Å²) in [5.74, 6) is -0.920. The van der Waals surface area contributed by atoms with Crippen LogP contribution < -0.4 is 5.32 Å². The number of ether oxygens (including phenoxy) is 2. The maximum absolute atomic E-state index is 11.3. The molecule has 6 heteroatoms. The van der Waals surface area contributed by atoms with E-state index in [2.05, 4.69) is 10.1 Å². The first-order valence-corrected chi connectivity index (χ1v) is 5.47. The molecule has 0 amide bonds. The van der Waals surface area contributed by atoms with Crippen molar-refractivity contribution in [1.29, 1.82) is 0 Å². The van der Waals surface area contributed by atoms with Gasteiger partial charge in [0.05, 0.1) is 6.54 Å². The Balaban J connectivity index is 3.88. The largest absolute Gasteiger partial charge is 0.459 e. The lowest BCUT2D eigenvalue weighted by atomic mass is 10.2. The second kappa shape index (κ2) is 6.70. The van der Waals surface area contributed by atoms with E-state index in [1.165, 1.54) is 0 Å². The molecule has 0 fully saturated rings. The summed E-state index contributed by atoms with van der Waals surface area (Å²) >= 11 is 5.23. The topological polar surface area (TPSA) is 64.6 Å². The molecule has 0 radical (unpaired) electrons. The molecular weight excluding hydrogens is 234 g/mol. The van der Waals surface area contributed by atoms with Gasteiger partial charge in [-0.3, -0.25) is 14.9 Å². The minimum atomic E-state index is -0.591. The number of rotatable bonds is 5. The lowest BCUT2D eigenvalue weighted by Crippen LogP contribution is -2.40. The third-order valence-electron chi connectivity index (χ3n) is 1.52. The van der Waals surface area contributed by atoms with Crippen LogP contribution in [0.3, 0.4) is 0 Å². The molecule has 0 aromatic carbocycles. The molecule has 16 heavy (non-hydrogen) atoms. The highest BCUT2D eigenvalue weighted by molar-refractivity contribution is 6.17. The molecule has 0 aromatic heterocycles. The van der Waals surface area contributed by atoms with E-state index in [0.29, 0.717) is 0 Å². The van der Waals surface area contributed by atoms with Crippen molar-refractivity contribution >= 4 is 23.5 Å². The maximum Gasteiger partial charge on any atom is 0.324 e. The third kappa shape index (κ3) is 7.48. The molecule has 0 aliphatic carbocycles. The summed E-state index contributed by atoms with van der Waals surface area (Å²) in [4.78, 5) is 22.4. The number of esters is 2. The van der Waals surface area contributed by atoms with E-state index in [9.17, 15) is 9.59 Å². The fourth-order valence-electron chi connectivity index (χ4n) is 0.876. The lowest BCUT2D eigenvalue weighted by Gasteiger charge is -2.20. The molecule has 0 spiro atoms. The quantitative estimate of drug-likeness (QED) is 0.584. The Labute approximate surface area is 100 Å². The number of carbonyl (C=O) groups excluding carboxylic acids is 2. The van der Waals surface area contributed by atoms with Crippen molar-refractivity contribution in [2.24, 2.45) is 0 Å². The molecule has 0 aromatic rings. The Bertz CT molecular complexity index is 250. The van der Waals surface area contributed by atoms with Crippen LogP contribution in [0.15, 0.2) is 0 Å². The molecule has 94 valence electrons. The zero-order valence-electron chi connectivity index (χ0n) is 10.0. The van der Waals surface area contributed by atoms with Gasteiger partial charge < -0.3 is 9.47 Å². The average Bonchev–Trinajstić information content (AvgIpc) is 2.11. The van der Waals surface area contributed by atoms with Crippen LogP contribution in [-0.2, 0) is 19.1 Å². The molecule has 0 heterocycles. The Kier molecular flexibility index (Phi) is 6.36. The predicted octanol–water partition coefficient (Wildman–Crippen LogP) is 1.05. The minimum Gasteiger partial charge on any atom is -0.459 e. The fourth-order valence-corrected chi connectivity index (χ4v) is 0.984. The number of halogens is 1. The standard InChI is InChI=1S/C10H18ClNO4/c1-7(9(14)15-6-11)12-5-8(13)16-10(2,3)4/h7,12H,5-6H2,1-4H3/t7-/m0/s1. The first-order chi connectivity index (χ1) is 7.26. The monoisotopic (exact) mass is 251 g/mol. The van der Waals surface area contributed by atoms with E-state index >= 15 is 0 Å². The second-order valence-electron chi connectivity index (χ2n) is 4.26. The van der Waals surface area contributed by atoms with Crippen molar-refractivity contribution in [2.45, 2.75) is 39.3 Å².